The molecule has 0 aliphatic carbocycles. The van der Waals surface area contributed by atoms with Gasteiger partial charge < -0.3 is 20.1 Å². The number of aryl methyl sites for hydroxylation is 1. The second-order valence-electron chi connectivity index (χ2n) is 6.92. The summed E-state index contributed by atoms with van der Waals surface area (Å²) in [4.78, 5) is 11.7. The molecule has 0 aliphatic heterocycles. The van der Waals surface area contributed by atoms with Crippen molar-refractivity contribution >= 4 is 6.09 Å². The van der Waals surface area contributed by atoms with E-state index in [2.05, 4.69) is 29.7 Å². The van der Waals surface area contributed by atoms with Gasteiger partial charge >= 0.3 is 6.09 Å². The average Bonchev–Trinajstić information content (AvgIpc) is 2.42. The predicted molar refractivity (Wildman–Crippen MR) is 93.0 cm³/mol. The topological polar surface area (TPSA) is 59.6 Å². The van der Waals surface area contributed by atoms with Crippen molar-refractivity contribution in [2.24, 2.45) is 0 Å². The maximum atomic E-state index is 11.7. The van der Waals surface area contributed by atoms with Crippen LogP contribution in [0.3, 0.4) is 0 Å². The summed E-state index contributed by atoms with van der Waals surface area (Å²) >= 11 is 0. The zero-order valence-electron chi connectivity index (χ0n) is 15.3. The molecule has 0 heterocycles. The molecule has 0 radical (unpaired) electrons. The van der Waals surface area contributed by atoms with Crippen LogP contribution >= 0.6 is 0 Å². The lowest BCUT2D eigenvalue weighted by atomic mass is 10.0. The van der Waals surface area contributed by atoms with E-state index in [9.17, 15) is 4.79 Å². The summed E-state index contributed by atoms with van der Waals surface area (Å²) in [5.41, 5.74) is 1.78. The summed E-state index contributed by atoms with van der Waals surface area (Å²) < 4.78 is 10.7. The highest BCUT2D eigenvalue weighted by atomic mass is 16.6. The number of carbonyl (C=O) groups excluding carboxylic acids is 1. The van der Waals surface area contributed by atoms with Crippen LogP contribution in [0.5, 0.6) is 5.75 Å². The van der Waals surface area contributed by atoms with Gasteiger partial charge in [-0.05, 0) is 53.2 Å². The van der Waals surface area contributed by atoms with Crippen molar-refractivity contribution in [2.75, 3.05) is 13.7 Å². The zero-order valence-corrected chi connectivity index (χ0v) is 15.3. The van der Waals surface area contributed by atoms with E-state index < -0.39 is 11.7 Å². The summed E-state index contributed by atoms with van der Waals surface area (Å²) in [6.45, 7) is 12.2. The molecule has 1 aromatic carbocycles. The number of nitrogens with one attached hydrogen (secondary N) is 2. The van der Waals surface area contributed by atoms with E-state index in [1.54, 1.807) is 7.11 Å². The van der Waals surface area contributed by atoms with Crippen molar-refractivity contribution in [1.29, 1.82) is 0 Å². The van der Waals surface area contributed by atoms with Gasteiger partial charge in [0.2, 0.25) is 0 Å². The Labute approximate surface area is 139 Å². The van der Waals surface area contributed by atoms with Gasteiger partial charge in [-0.25, -0.2) is 4.79 Å². The number of hydrogen-bond donors (Lipinski definition) is 2. The highest BCUT2D eigenvalue weighted by Gasteiger charge is 2.18. The molecule has 0 spiro atoms. The van der Waals surface area contributed by atoms with E-state index in [-0.39, 0.29) is 12.1 Å². The molecule has 2 N–H and O–H groups in total. The highest BCUT2D eigenvalue weighted by Crippen LogP contribution is 2.25. The molecule has 0 fully saturated rings. The van der Waals surface area contributed by atoms with Crippen molar-refractivity contribution in [3.63, 3.8) is 0 Å². The maximum Gasteiger partial charge on any atom is 0.407 e. The molecule has 1 rings (SSSR count). The number of benzene rings is 1. The van der Waals surface area contributed by atoms with Crippen molar-refractivity contribution in [3.8, 4) is 5.75 Å². The number of amides is 1. The molecule has 1 aromatic rings. The molecule has 0 saturated heterocycles. The molecule has 0 aromatic heterocycles. The Morgan fingerprint density at radius 3 is 2.48 bits per heavy atom. The lowest BCUT2D eigenvalue weighted by molar-refractivity contribution is 0.0507. The molecule has 23 heavy (non-hydrogen) atoms. The predicted octanol–water partition coefficient (Wildman–Crippen LogP) is 3.57. The van der Waals surface area contributed by atoms with Gasteiger partial charge in [0.15, 0.2) is 0 Å². The largest absolute Gasteiger partial charge is 0.496 e. The molecule has 130 valence electrons. The van der Waals surface area contributed by atoms with Crippen LogP contribution in [0.2, 0.25) is 0 Å². The highest BCUT2D eigenvalue weighted by molar-refractivity contribution is 5.68. The first-order chi connectivity index (χ1) is 10.6. The summed E-state index contributed by atoms with van der Waals surface area (Å²) in [5, 5.41) is 6.24. The van der Waals surface area contributed by atoms with Crippen LogP contribution in [0, 0.1) is 6.92 Å². The number of carbonyl (C=O) groups is 1. The molecule has 0 aliphatic rings. The fraction of sp³-hybridized carbons (Fsp3) is 0.611. The van der Waals surface area contributed by atoms with Gasteiger partial charge in [0.25, 0.3) is 0 Å². The van der Waals surface area contributed by atoms with Crippen LogP contribution in [-0.2, 0) is 4.74 Å². The van der Waals surface area contributed by atoms with Crippen molar-refractivity contribution in [1.82, 2.24) is 10.6 Å². The first kappa shape index (κ1) is 19.3. The molecule has 1 amide bonds. The van der Waals surface area contributed by atoms with Crippen LogP contribution in [0.4, 0.5) is 4.79 Å². The number of methoxy groups -OCH3 is 1. The number of ether oxygens (including phenoxy) is 2. The van der Waals surface area contributed by atoms with Gasteiger partial charge in [-0.2, -0.15) is 0 Å². The number of hydrogen-bond acceptors (Lipinski definition) is 4. The second kappa shape index (κ2) is 8.20. The van der Waals surface area contributed by atoms with E-state index in [1.165, 1.54) is 0 Å². The monoisotopic (exact) mass is 322 g/mol. The molecular weight excluding hydrogens is 292 g/mol. The Kier molecular flexibility index (Phi) is 6.88. The first-order valence-electron chi connectivity index (χ1n) is 8.00. The fourth-order valence-corrected chi connectivity index (χ4v) is 2.20. The van der Waals surface area contributed by atoms with E-state index in [4.69, 9.17) is 9.47 Å². The van der Waals surface area contributed by atoms with Crippen molar-refractivity contribution in [2.45, 2.75) is 59.2 Å². The third-order valence-electron chi connectivity index (χ3n) is 3.35. The zero-order chi connectivity index (χ0) is 17.6. The van der Waals surface area contributed by atoms with Crippen LogP contribution in [0.25, 0.3) is 0 Å². The quantitative estimate of drug-likeness (QED) is 0.840. The van der Waals surface area contributed by atoms with Gasteiger partial charge in [0.1, 0.15) is 11.4 Å². The Bertz CT molecular complexity index is 523. The fourth-order valence-electron chi connectivity index (χ4n) is 2.20. The van der Waals surface area contributed by atoms with Crippen LogP contribution in [-0.4, -0.2) is 31.4 Å². The summed E-state index contributed by atoms with van der Waals surface area (Å²) in [7, 11) is 1.68. The lowest BCUT2D eigenvalue weighted by Crippen LogP contribution is -2.43. The normalized spacial score (nSPS) is 14.0. The Morgan fingerprint density at radius 1 is 1.26 bits per heavy atom. The van der Waals surface area contributed by atoms with E-state index in [1.807, 2.05) is 40.7 Å². The number of rotatable bonds is 6. The molecule has 2 unspecified atom stereocenters. The van der Waals surface area contributed by atoms with Gasteiger partial charge in [0.05, 0.1) is 7.11 Å². The maximum absolute atomic E-state index is 11.7. The Hall–Kier alpha value is -1.75. The third kappa shape index (κ3) is 6.91. The molecule has 0 saturated carbocycles. The minimum absolute atomic E-state index is 0.0382. The number of alkyl carbamates (subject to hydrolysis) is 1. The molecule has 2 atom stereocenters. The van der Waals surface area contributed by atoms with Crippen LogP contribution < -0.4 is 15.4 Å². The standard InChI is InChI=1S/C18H30N2O3/c1-12-8-9-15(16(10-12)22-7)14(3)19-11-13(2)20-17(21)23-18(4,5)6/h8-10,13-14,19H,11H2,1-7H3,(H,20,21). The lowest BCUT2D eigenvalue weighted by Gasteiger charge is -2.23. The molecule has 5 heteroatoms. The van der Waals surface area contributed by atoms with Gasteiger partial charge in [0, 0.05) is 24.2 Å². The summed E-state index contributed by atoms with van der Waals surface area (Å²) in [6.07, 6.45) is -0.396. The molecule has 5 nitrogen and oxygen atoms in total. The van der Waals surface area contributed by atoms with Gasteiger partial charge in [-0.1, -0.05) is 12.1 Å². The second-order valence-corrected chi connectivity index (χ2v) is 6.92. The average molecular weight is 322 g/mol. The van der Waals surface area contributed by atoms with Gasteiger partial charge in [-0.3, -0.25) is 0 Å². The third-order valence-corrected chi connectivity index (χ3v) is 3.35. The molecular formula is C18H30N2O3. The van der Waals surface area contributed by atoms with Crippen LogP contribution in [0.15, 0.2) is 18.2 Å². The molecule has 0 bridgehead atoms. The minimum Gasteiger partial charge on any atom is -0.496 e. The minimum atomic E-state index is -0.486. The summed E-state index contributed by atoms with van der Waals surface area (Å²) in [5.74, 6) is 0.873. The van der Waals surface area contributed by atoms with Crippen molar-refractivity contribution in [3.05, 3.63) is 29.3 Å². The first-order valence-corrected chi connectivity index (χ1v) is 8.00. The van der Waals surface area contributed by atoms with Crippen molar-refractivity contribution < 1.29 is 14.3 Å². The van der Waals surface area contributed by atoms with E-state index >= 15 is 0 Å². The van der Waals surface area contributed by atoms with Crippen LogP contribution in [0.1, 0.15) is 51.8 Å². The smallest absolute Gasteiger partial charge is 0.407 e. The SMILES string of the molecule is COc1cc(C)ccc1C(C)NCC(C)NC(=O)OC(C)(C)C. The van der Waals surface area contributed by atoms with Gasteiger partial charge in [-0.15, -0.1) is 0 Å². The summed E-state index contributed by atoms with van der Waals surface area (Å²) in [6, 6.07) is 6.24. The Morgan fingerprint density at radius 2 is 1.91 bits per heavy atom. The Balaban J connectivity index is 2.53. The van der Waals surface area contributed by atoms with E-state index in [0.717, 1.165) is 16.9 Å². The van der Waals surface area contributed by atoms with E-state index in [0.29, 0.717) is 6.54 Å².